The number of allylic oxidation sites excluding steroid dienone is 1. The summed E-state index contributed by atoms with van der Waals surface area (Å²) in [5, 5.41) is 3.41. The minimum atomic E-state index is 0.618. The van der Waals surface area contributed by atoms with E-state index in [0.29, 0.717) is 6.61 Å². The fourth-order valence-electron chi connectivity index (χ4n) is 2.26. The van der Waals surface area contributed by atoms with Gasteiger partial charge in [-0.2, -0.15) is 0 Å². The van der Waals surface area contributed by atoms with Crippen molar-refractivity contribution < 1.29 is 4.74 Å². The lowest BCUT2D eigenvalue weighted by Crippen LogP contribution is -2.27. The topological polar surface area (TPSA) is 37.4 Å². The van der Waals surface area contributed by atoms with Crippen molar-refractivity contribution in [3.63, 3.8) is 0 Å². The Balaban J connectivity index is 1.89. The Morgan fingerprint density at radius 1 is 1.30 bits per heavy atom. The number of unbranched alkanes of at least 4 members (excludes halogenated alkanes) is 1. The molecule has 0 unspecified atom stereocenters. The highest BCUT2D eigenvalue weighted by atomic mass is 16.5. The minimum Gasteiger partial charge on any atom is -0.488 e. The molecule has 1 aliphatic heterocycles. The molecule has 1 aromatic heterocycles. The number of ether oxygens (including phenoxy) is 1. The van der Waals surface area contributed by atoms with Gasteiger partial charge in [0.1, 0.15) is 12.4 Å². The van der Waals surface area contributed by atoms with Crippen molar-refractivity contribution in [1.82, 2.24) is 10.3 Å². The fraction of sp³-hybridized carbons (Fsp3) is 0.562. The summed E-state index contributed by atoms with van der Waals surface area (Å²) in [6.45, 7) is 7.03. The molecule has 1 saturated heterocycles. The molecule has 0 amide bonds. The Morgan fingerprint density at radius 3 is 3.15 bits per heavy atom. The molecule has 4 heteroatoms. The van der Waals surface area contributed by atoms with Crippen molar-refractivity contribution in [3.05, 3.63) is 30.6 Å². The van der Waals surface area contributed by atoms with Crippen LogP contribution in [0.4, 0.5) is 5.69 Å². The van der Waals surface area contributed by atoms with Gasteiger partial charge in [0.05, 0.1) is 18.1 Å². The number of nitrogens with one attached hydrogen (secondary N) is 1. The second-order valence-corrected chi connectivity index (χ2v) is 5.04. The van der Waals surface area contributed by atoms with Crippen LogP contribution in [0.2, 0.25) is 0 Å². The Kier molecular flexibility index (Phi) is 6.38. The molecule has 0 radical (unpaired) electrons. The monoisotopic (exact) mass is 275 g/mol. The first-order valence-corrected chi connectivity index (χ1v) is 7.58. The lowest BCUT2D eigenvalue weighted by atomic mass is 10.3. The van der Waals surface area contributed by atoms with Gasteiger partial charge in [0.2, 0.25) is 0 Å². The van der Waals surface area contributed by atoms with Crippen LogP contribution in [0.15, 0.2) is 30.6 Å². The molecule has 1 fully saturated rings. The largest absolute Gasteiger partial charge is 0.488 e. The predicted octanol–water partition coefficient (Wildman–Crippen LogP) is 2.62. The normalized spacial score (nSPS) is 16.4. The summed E-state index contributed by atoms with van der Waals surface area (Å²) in [6.07, 6.45) is 11.4. The summed E-state index contributed by atoms with van der Waals surface area (Å²) in [5.74, 6) is 0.848. The van der Waals surface area contributed by atoms with Crippen LogP contribution in [0.25, 0.3) is 0 Å². The maximum absolute atomic E-state index is 5.72. The maximum Gasteiger partial charge on any atom is 0.140 e. The Bertz CT molecular complexity index is 412. The predicted molar refractivity (Wildman–Crippen MR) is 83.5 cm³/mol. The van der Waals surface area contributed by atoms with Crippen molar-refractivity contribution in [1.29, 1.82) is 0 Å². The van der Waals surface area contributed by atoms with Crippen LogP contribution in [-0.4, -0.2) is 37.8 Å². The van der Waals surface area contributed by atoms with Gasteiger partial charge in [-0.15, -0.1) is 0 Å². The summed E-state index contributed by atoms with van der Waals surface area (Å²) in [4.78, 5) is 6.66. The minimum absolute atomic E-state index is 0.618. The van der Waals surface area contributed by atoms with Crippen LogP contribution in [0.5, 0.6) is 5.75 Å². The smallest absolute Gasteiger partial charge is 0.140 e. The molecule has 1 N–H and O–H groups in total. The highest BCUT2D eigenvalue weighted by Crippen LogP contribution is 2.20. The lowest BCUT2D eigenvalue weighted by molar-refractivity contribution is 0.361. The van der Waals surface area contributed by atoms with Gasteiger partial charge in [-0.3, -0.25) is 4.98 Å². The highest BCUT2D eigenvalue weighted by Gasteiger charge is 2.10. The molecule has 0 bridgehead atoms. The standard InChI is InChI=1S/C16H25N3O/c1-2-3-4-5-11-20-16-12-15(13-18-14-16)19-9-6-7-17-8-10-19/h4-5,12-14,17H,2-3,6-11H2,1H3/b5-4+. The zero-order chi connectivity index (χ0) is 14.0. The molecule has 0 spiro atoms. The third-order valence-electron chi connectivity index (χ3n) is 3.37. The van der Waals surface area contributed by atoms with E-state index in [1.165, 1.54) is 12.8 Å². The van der Waals surface area contributed by atoms with E-state index in [0.717, 1.165) is 44.0 Å². The molecule has 2 rings (SSSR count). The first-order valence-electron chi connectivity index (χ1n) is 7.58. The lowest BCUT2D eigenvalue weighted by Gasteiger charge is -2.22. The second-order valence-electron chi connectivity index (χ2n) is 5.04. The van der Waals surface area contributed by atoms with Crippen molar-refractivity contribution in [2.75, 3.05) is 37.7 Å². The van der Waals surface area contributed by atoms with E-state index in [2.05, 4.69) is 40.3 Å². The molecule has 1 aliphatic rings. The zero-order valence-corrected chi connectivity index (χ0v) is 12.3. The van der Waals surface area contributed by atoms with E-state index >= 15 is 0 Å². The molecular weight excluding hydrogens is 250 g/mol. The average molecular weight is 275 g/mol. The fourth-order valence-corrected chi connectivity index (χ4v) is 2.26. The summed E-state index contributed by atoms with van der Waals surface area (Å²) in [7, 11) is 0. The number of rotatable bonds is 6. The third kappa shape index (κ3) is 4.85. The van der Waals surface area contributed by atoms with Crippen molar-refractivity contribution in [3.8, 4) is 5.75 Å². The molecule has 110 valence electrons. The van der Waals surface area contributed by atoms with Gasteiger partial charge in [0.15, 0.2) is 0 Å². The number of hydrogen-bond acceptors (Lipinski definition) is 4. The SMILES string of the molecule is CCC/C=C/COc1cncc(N2CCCNCC2)c1. The molecular formula is C16H25N3O. The Morgan fingerprint density at radius 2 is 2.25 bits per heavy atom. The Hall–Kier alpha value is -1.55. The van der Waals surface area contributed by atoms with E-state index in [4.69, 9.17) is 4.74 Å². The van der Waals surface area contributed by atoms with E-state index < -0.39 is 0 Å². The number of anilines is 1. The summed E-state index contributed by atoms with van der Waals surface area (Å²) < 4.78 is 5.72. The molecule has 2 heterocycles. The van der Waals surface area contributed by atoms with E-state index in [9.17, 15) is 0 Å². The number of nitrogens with zero attached hydrogens (tertiary/aromatic N) is 2. The molecule has 0 aliphatic carbocycles. The second kappa shape index (κ2) is 8.59. The van der Waals surface area contributed by atoms with E-state index in [1.54, 1.807) is 6.20 Å². The van der Waals surface area contributed by atoms with Crippen molar-refractivity contribution >= 4 is 5.69 Å². The molecule has 0 aromatic carbocycles. The molecule has 0 saturated carbocycles. The van der Waals surface area contributed by atoms with Crippen LogP contribution in [0.3, 0.4) is 0 Å². The van der Waals surface area contributed by atoms with Gasteiger partial charge in [-0.25, -0.2) is 0 Å². The Labute approximate surface area is 121 Å². The zero-order valence-electron chi connectivity index (χ0n) is 12.3. The third-order valence-corrected chi connectivity index (χ3v) is 3.37. The van der Waals surface area contributed by atoms with Crippen LogP contribution in [0.1, 0.15) is 26.2 Å². The molecule has 4 nitrogen and oxygen atoms in total. The van der Waals surface area contributed by atoms with Crippen LogP contribution in [-0.2, 0) is 0 Å². The quantitative estimate of drug-likeness (QED) is 0.810. The van der Waals surface area contributed by atoms with E-state index in [1.807, 2.05) is 6.20 Å². The summed E-state index contributed by atoms with van der Waals surface area (Å²) in [5.41, 5.74) is 1.16. The number of hydrogen-bond donors (Lipinski definition) is 1. The molecule has 0 atom stereocenters. The van der Waals surface area contributed by atoms with Crippen LogP contribution in [0, 0.1) is 0 Å². The first-order chi connectivity index (χ1) is 9.90. The van der Waals surface area contributed by atoms with Crippen LogP contribution >= 0.6 is 0 Å². The maximum atomic E-state index is 5.72. The van der Waals surface area contributed by atoms with Crippen molar-refractivity contribution in [2.45, 2.75) is 26.2 Å². The summed E-state index contributed by atoms with van der Waals surface area (Å²) in [6, 6.07) is 2.09. The van der Waals surface area contributed by atoms with Gasteiger partial charge in [0, 0.05) is 25.7 Å². The van der Waals surface area contributed by atoms with Gasteiger partial charge >= 0.3 is 0 Å². The summed E-state index contributed by atoms with van der Waals surface area (Å²) >= 11 is 0. The number of aromatic nitrogens is 1. The van der Waals surface area contributed by atoms with E-state index in [-0.39, 0.29) is 0 Å². The van der Waals surface area contributed by atoms with Gasteiger partial charge in [-0.1, -0.05) is 25.5 Å². The van der Waals surface area contributed by atoms with Crippen molar-refractivity contribution in [2.24, 2.45) is 0 Å². The van der Waals surface area contributed by atoms with Gasteiger partial charge in [0.25, 0.3) is 0 Å². The average Bonchev–Trinajstić information content (AvgIpc) is 2.76. The van der Waals surface area contributed by atoms with Gasteiger partial charge in [-0.05, 0) is 19.4 Å². The highest BCUT2D eigenvalue weighted by molar-refractivity contribution is 5.48. The van der Waals surface area contributed by atoms with Gasteiger partial charge < -0.3 is 15.0 Å². The van der Waals surface area contributed by atoms with Crippen LogP contribution < -0.4 is 15.0 Å². The number of pyridine rings is 1. The molecule has 1 aromatic rings. The first kappa shape index (κ1) is 14.9. The molecule has 20 heavy (non-hydrogen) atoms.